The second-order valence-electron chi connectivity index (χ2n) is 8.22. The van der Waals surface area contributed by atoms with Crippen molar-refractivity contribution in [3.05, 3.63) is 60.2 Å². The van der Waals surface area contributed by atoms with Gasteiger partial charge in [0, 0.05) is 12.3 Å². The van der Waals surface area contributed by atoms with Crippen LogP contribution in [0.15, 0.2) is 54.6 Å². The quantitative estimate of drug-likeness (QED) is 0.265. The molecule has 0 amide bonds. The van der Waals surface area contributed by atoms with Crippen molar-refractivity contribution in [3.8, 4) is 0 Å². The largest absolute Gasteiger partial charge is 0.468 e. The fourth-order valence-corrected chi connectivity index (χ4v) is 6.36. The highest BCUT2D eigenvalue weighted by atomic mass is 32.2. The van der Waals surface area contributed by atoms with Gasteiger partial charge in [0.25, 0.3) is 0 Å². The number of ketones is 1. The van der Waals surface area contributed by atoms with Crippen LogP contribution >= 0.6 is 23.5 Å². The van der Waals surface area contributed by atoms with E-state index in [-0.39, 0.29) is 29.3 Å². The summed E-state index contributed by atoms with van der Waals surface area (Å²) in [5.41, 5.74) is 1.20. The van der Waals surface area contributed by atoms with Gasteiger partial charge in [-0.1, -0.05) is 54.6 Å². The van der Waals surface area contributed by atoms with Crippen molar-refractivity contribution in [2.45, 2.75) is 43.1 Å². The van der Waals surface area contributed by atoms with Crippen LogP contribution in [-0.4, -0.2) is 63.8 Å². The minimum Gasteiger partial charge on any atom is -0.468 e. The van der Waals surface area contributed by atoms with Gasteiger partial charge >= 0.3 is 5.97 Å². The maximum Gasteiger partial charge on any atom is 0.315 e. The van der Waals surface area contributed by atoms with Crippen molar-refractivity contribution in [2.75, 3.05) is 24.4 Å². The molecule has 178 valence electrons. The normalized spacial score (nSPS) is 21.7. The molecule has 7 heteroatoms. The Morgan fingerprint density at radius 2 is 2.00 bits per heavy atom. The molecule has 1 saturated carbocycles. The average molecular weight is 489 g/mol. The molecule has 33 heavy (non-hydrogen) atoms. The lowest BCUT2D eigenvalue weighted by molar-refractivity contribution is -0.137. The summed E-state index contributed by atoms with van der Waals surface area (Å²) < 4.78 is 4.62. The smallest absolute Gasteiger partial charge is 0.315 e. The number of benzene rings is 2. The second-order valence-corrected chi connectivity index (χ2v) is 10.6. The monoisotopic (exact) mass is 488 g/mol. The lowest BCUT2D eigenvalue weighted by Crippen LogP contribution is -2.22. The van der Waals surface area contributed by atoms with E-state index in [2.05, 4.69) is 29.0 Å². The van der Waals surface area contributed by atoms with Crippen LogP contribution in [0.2, 0.25) is 0 Å². The van der Waals surface area contributed by atoms with E-state index in [1.165, 1.54) is 35.2 Å². The van der Waals surface area contributed by atoms with Crippen molar-refractivity contribution < 1.29 is 24.5 Å². The summed E-state index contributed by atoms with van der Waals surface area (Å²) in [6.45, 7) is 0. The zero-order chi connectivity index (χ0) is 23.6. The molecule has 0 spiro atoms. The van der Waals surface area contributed by atoms with Crippen LogP contribution in [-0.2, 0) is 20.7 Å². The summed E-state index contributed by atoms with van der Waals surface area (Å²) in [5.74, 6) is 1.49. The van der Waals surface area contributed by atoms with Crippen molar-refractivity contribution in [1.29, 1.82) is 0 Å². The maximum absolute atomic E-state index is 12.4. The van der Waals surface area contributed by atoms with Gasteiger partial charge in [-0.15, -0.1) is 11.8 Å². The number of ether oxygens (including phenoxy) is 1. The summed E-state index contributed by atoms with van der Waals surface area (Å²) in [5, 5.41) is 23.0. The highest BCUT2D eigenvalue weighted by Gasteiger charge is 2.40. The lowest BCUT2D eigenvalue weighted by atomic mass is 9.98. The molecule has 4 atom stereocenters. The Morgan fingerprint density at radius 3 is 2.82 bits per heavy atom. The first-order chi connectivity index (χ1) is 16.0. The first-order valence-electron chi connectivity index (χ1n) is 11.3. The number of fused-ring (bicyclic) bond motifs is 1. The van der Waals surface area contributed by atoms with E-state index in [1.807, 2.05) is 24.3 Å². The minimum absolute atomic E-state index is 0.0645. The molecule has 3 rings (SSSR count). The Kier molecular flexibility index (Phi) is 10.3. The molecule has 1 aliphatic rings. The Morgan fingerprint density at radius 1 is 1.21 bits per heavy atom. The molecule has 0 heterocycles. The maximum atomic E-state index is 12.4. The first kappa shape index (κ1) is 25.8. The first-order valence-corrected chi connectivity index (χ1v) is 13.5. The van der Waals surface area contributed by atoms with Crippen LogP contribution in [0.3, 0.4) is 0 Å². The number of Topliss-reactive ketones (excluding diaryl/α,β-unsaturated/α-hetero) is 1. The molecular formula is C26H32O5S2. The van der Waals surface area contributed by atoms with Gasteiger partial charge in [-0.2, -0.15) is 11.8 Å². The molecule has 2 aromatic rings. The highest BCUT2D eigenvalue weighted by Crippen LogP contribution is 2.34. The average Bonchev–Trinajstić information content (AvgIpc) is 3.10. The van der Waals surface area contributed by atoms with Crippen molar-refractivity contribution in [2.24, 2.45) is 5.92 Å². The third-order valence-corrected chi connectivity index (χ3v) is 8.32. The van der Waals surface area contributed by atoms with Crippen LogP contribution in [0.25, 0.3) is 10.8 Å². The molecule has 5 nitrogen and oxygen atoms in total. The van der Waals surface area contributed by atoms with E-state index in [0.717, 1.165) is 24.3 Å². The standard InChI is InChI=1S/C26H32O5S2/c1-31-25(30)17-32-14-5-15-33-26-22(23(28)16-24(26)29)13-12-20(27)11-10-19-8-4-7-18-6-2-3-9-21(18)19/h2-4,6-9,12-13,20,22-23,26-28H,5,10-11,14-17H2,1H3/t20?,22-,23+,26?/m0/s1. The Bertz CT molecular complexity index is 955. The highest BCUT2D eigenvalue weighted by molar-refractivity contribution is 8.01. The van der Waals surface area contributed by atoms with E-state index in [0.29, 0.717) is 12.2 Å². The number of esters is 1. The molecule has 1 aliphatic carbocycles. The van der Waals surface area contributed by atoms with E-state index >= 15 is 0 Å². The van der Waals surface area contributed by atoms with Gasteiger partial charge in [-0.25, -0.2) is 0 Å². The number of rotatable bonds is 12. The molecule has 0 aliphatic heterocycles. The van der Waals surface area contributed by atoms with Crippen LogP contribution in [0.4, 0.5) is 0 Å². The van der Waals surface area contributed by atoms with Gasteiger partial charge in [-0.05, 0) is 47.1 Å². The summed E-state index contributed by atoms with van der Waals surface area (Å²) >= 11 is 3.08. The summed E-state index contributed by atoms with van der Waals surface area (Å²) in [6, 6.07) is 14.4. The number of aliphatic hydroxyl groups excluding tert-OH is 2. The van der Waals surface area contributed by atoms with Crippen molar-refractivity contribution in [3.63, 3.8) is 0 Å². The molecular weight excluding hydrogens is 456 g/mol. The summed E-state index contributed by atoms with van der Waals surface area (Å²) in [4.78, 5) is 23.5. The summed E-state index contributed by atoms with van der Waals surface area (Å²) in [7, 11) is 1.38. The Balaban J connectivity index is 1.48. The molecule has 0 saturated heterocycles. The Hall–Kier alpha value is -1.80. The zero-order valence-corrected chi connectivity index (χ0v) is 20.5. The number of carbonyl (C=O) groups excluding carboxylic acids is 2. The van der Waals surface area contributed by atoms with Crippen molar-refractivity contribution in [1.82, 2.24) is 0 Å². The molecule has 2 N–H and O–H groups in total. The number of aryl methyl sites for hydroxylation is 1. The van der Waals surface area contributed by atoms with Gasteiger partial charge in [0.05, 0.1) is 30.3 Å². The molecule has 0 aromatic heterocycles. The fraction of sp³-hybridized carbons (Fsp3) is 0.462. The van der Waals surface area contributed by atoms with Gasteiger partial charge < -0.3 is 14.9 Å². The van der Waals surface area contributed by atoms with Crippen LogP contribution < -0.4 is 0 Å². The number of thioether (sulfide) groups is 2. The van der Waals surface area contributed by atoms with Gasteiger partial charge in [0.15, 0.2) is 0 Å². The fourth-order valence-electron chi connectivity index (χ4n) is 4.06. The van der Waals surface area contributed by atoms with Gasteiger partial charge in [-0.3, -0.25) is 9.59 Å². The van der Waals surface area contributed by atoms with Crippen LogP contribution in [0, 0.1) is 5.92 Å². The lowest BCUT2D eigenvalue weighted by Gasteiger charge is -2.17. The third-order valence-electron chi connectivity index (χ3n) is 5.84. The second kappa shape index (κ2) is 13.2. The summed E-state index contributed by atoms with van der Waals surface area (Å²) in [6.07, 6.45) is 4.59. The van der Waals surface area contributed by atoms with Crippen molar-refractivity contribution >= 4 is 46.0 Å². The van der Waals surface area contributed by atoms with E-state index in [9.17, 15) is 19.8 Å². The van der Waals surface area contributed by atoms with E-state index < -0.39 is 12.2 Å². The predicted octanol–water partition coefficient (Wildman–Crippen LogP) is 4.04. The molecule has 0 bridgehead atoms. The number of carbonyl (C=O) groups is 2. The molecule has 0 radical (unpaired) electrons. The number of methoxy groups -OCH3 is 1. The zero-order valence-electron chi connectivity index (χ0n) is 18.9. The van der Waals surface area contributed by atoms with Crippen LogP contribution in [0.1, 0.15) is 24.8 Å². The molecule has 2 aromatic carbocycles. The van der Waals surface area contributed by atoms with Gasteiger partial charge in [0.1, 0.15) is 5.78 Å². The predicted molar refractivity (Wildman–Crippen MR) is 137 cm³/mol. The van der Waals surface area contributed by atoms with E-state index in [4.69, 9.17) is 0 Å². The number of hydrogen-bond donors (Lipinski definition) is 2. The van der Waals surface area contributed by atoms with Gasteiger partial charge in [0.2, 0.25) is 0 Å². The van der Waals surface area contributed by atoms with Crippen LogP contribution in [0.5, 0.6) is 0 Å². The SMILES string of the molecule is COC(=O)CSCCCSC1C(=O)C[C@@H](O)[C@@H]1C=CC(O)CCc1cccc2ccccc12. The Labute approximate surface area is 204 Å². The third kappa shape index (κ3) is 7.60. The number of hydrogen-bond acceptors (Lipinski definition) is 7. The topological polar surface area (TPSA) is 83.8 Å². The minimum atomic E-state index is -0.704. The number of aliphatic hydroxyl groups is 2. The molecule has 2 unspecified atom stereocenters. The van der Waals surface area contributed by atoms with E-state index in [1.54, 1.807) is 17.8 Å². The molecule has 1 fully saturated rings.